The molecular formula is C11H21N3O. The summed E-state index contributed by atoms with van der Waals surface area (Å²) in [5, 5.41) is 4.29. The number of rotatable bonds is 6. The van der Waals surface area contributed by atoms with Gasteiger partial charge in [0.1, 0.15) is 5.69 Å². The van der Waals surface area contributed by atoms with E-state index in [0.717, 1.165) is 31.1 Å². The molecule has 0 aliphatic heterocycles. The first-order valence-corrected chi connectivity index (χ1v) is 5.66. The van der Waals surface area contributed by atoms with Crippen LogP contribution in [-0.2, 0) is 6.54 Å². The van der Waals surface area contributed by atoms with Crippen LogP contribution < -0.4 is 10.5 Å². The maximum absolute atomic E-state index is 5.89. The van der Waals surface area contributed by atoms with Gasteiger partial charge in [0.05, 0.1) is 12.3 Å². The molecule has 1 heterocycles. The number of hydrogen-bond acceptors (Lipinski definition) is 3. The summed E-state index contributed by atoms with van der Waals surface area (Å²) in [5.74, 6) is 0.728. The monoisotopic (exact) mass is 211 g/mol. The molecule has 1 rings (SSSR count). The number of ether oxygens (including phenoxy) is 1. The Labute approximate surface area is 91.4 Å². The Morgan fingerprint density at radius 3 is 2.67 bits per heavy atom. The molecule has 0 saturated carbocycles. The largest absolute Gasteiger partial charge is 0.476 e. The second kappa shape index (κ2) is 5.63. The first kappa shape index (κ1) is 11.9. The van der Waals surface area contributed by atoms with E-state index in [2.05, 4.69) is 12.0 Å². The van der Waals surface area contributed by atoms with Gasteiger partial charge in [-0.15, -0.1) is 0 Å². The van der Waals surface area contributed by atoms with Gasteiger partial charge in [0, 0.05) is 6.54 Å². The van der Waals surface area contributed by atoms with Gasteiger partial charge in [0.15, 0.2) is 0 Å². The van der Waals surface area contributed by atoms with E-state index < -0.39 is 0 Å². The molecule has 0 unspecified atom stereocenters. The van der Waals surface area contributed by atoms with Gasteiger partial charge in [-0.3, -0.25) is 0 Å². The standard InChI is InChI=1S/C11H21N3O/c1-4-6-7-8-15-11-10(12)9(3)13-14(11)5-2/h4-8,12H2,1-3H3. The number of nitrogen functional groups attached to an aromatic ring is 1. The van der Waals surface area contributed by atoms with Crippen molar-refractivity contribution in [2.75, 3.05) is 12.3 Å². The molecule has 0 radical (unpaired) electrons. The average molecular weight is 211 g/mol. The third-order valence-electron chi connectivity index (χ3n) is 2.41. The fourth-order valence-corrected chi connectivity index (χ4v) is 1.46. The number of anilines is 1. The molecular weight excluding hydrogens is 190 g/mol. The maximum Gasteiger partial charge on any atom is 0.236 e. The van der Waals surface area contributed by atoms with Crippen LogP contribution in [0.5, 0.6) is 5.88 Å². The van der Waals surface area contributed by atoms with E-state index in [0.29, 0.717) is 5.69 Å². The molecule has 0 bridgehead atoms. The van der Waals surface area contributed by atoms with E-state index >= 15 is 0 Å². The zero-order valence-electron chi connectivity index (χ0n) is 9.92. The van der Waals surface area contributed by atoms with E-state index in [1.54, 1.807) is 0 Å². The quantitative estimate of drug-likeness (QED) is 0.735. The van der Waals surface area contributed by atoms with Crippen LogP contribution in [0.15, 0.2) is 0 Å². The third-order valence-corrected chi connectivity index (χ3v) is 2.41. The van der Waals surface area contributed by atoms with E-state index in [4.69, 9.17) is 10.5 Å². The van der Waals surface area contributed by atoms with Gasteiger partial charge in [-0.25, -0.2) is 4.68 Å². The van der Waals surface area contributed by atoms with Gasteiger partial charge < -0.3 is 10.5 Å². The molecule has 0 aliphatic carbocycles. The molecule has 0 aliphatic rings. The third kappa shape index (κ3) is 2.88. The number of hydrogen-bond donors (Lipinski definition) is 1. The molecule has 2 N–H and O–H groups in total. The first-order valence-electron chi connectivity index (χ1n) is 5.66. The molecule has 0 spiro atoms. The highest BCUT2D eigenvalue weighted by atomic mass is 16.5. The first-order chi connectivity index (χ1) is 7.20. The van der Waals surface area contributed by atoms with Crippen LogP contribution in [0.4, 0.5) is 5.69 Å². The number of unbranched alkanes of at least 4 members (excludes halogenated alkanes) is 2. The highest BCUT2D eigenvalue weighted by Gasteiger charge is 2.12. The van der Waals surface area contributed by atoms with Crippen LogP contribution in [0.3, 0.4) is 0 Å². The summed E-state index contributed by atoms with van der Waals surface area (Å²) in [6.07, 6.45) is 3.47. The Bertz CT molecular complexity index is 307. The minimum atomic E-state index is 0.674. The molecule has 15 heavy (non-hydrogen) atoms. The van der Waals surface area contributed by atoms with Gasteiger partial charge >= 0.3 is 0 Å². The Hall–Kier alpha value is -1.19. The smallest absolute Gasteiger partial charge is 0.236 e. The van der Waals surface area contributed by atoms with Crippen molar-refractivity contribution in [3.63, 3.8) is 0 Å². The van der Waals surface area contributed by atoms with Crippen molar-refractivity contribution in [3.05, 3.63) is 5.69 Å². The van der Waals surface area contributed by atoms with Crippen molar-refractivity contribution in [1.29, 1.82) is 0 Å². The van der Waals surface area contributed by atoms with Crippen molar-refractivity contribution in [2.24, 2.45) is 0 Å². The Morgan fingerprint density at radius 2 is 2.07 bits per heavy atom. The zero-order valence-corrected chi connectivity index (χ0v) is 9.92. The van der Waals surface area contributed by atoms with Crippen molar-refractivity contribution in [3.8, 4) is 5.88 Å². The normalized spacial score (nSPS) is 10.6. The minimum absolute atomic E-state index is 0.674. The highest BCUT2D eigenvalue weighted by Crippen LogP contribution is 2.24. The lowest BCUT2D eigenvalue weighted by Gasteiger charge is -2.07. The summed E-state index contributed by atoms with van der Waals surface area (Å²) in [5.41, 5.74) is 7.41. The minimum Gasteiger partial charge on any atom is -0.476 e. The number of aromatic nitrogens is 2. The molecule has 0 aromatic carbocycles. The molecule has 0 saturated heterocycles. The van der Waals surface area contributed by atoms with Crippen LogP contribution in [0, 0.1) is 6.92 Å². The predicted octanol–water partition coefficient (Wildman–Crippen LogP) is 2.36. The van der Waals surface area contributed by atoms with Crippen LogP contribution in [0.1, 0.15) is 38.8 Å². The summed E-state index contributed by atoms with van der Waals surface area (Å²) in [6, 6.07) is 0. The summed E-state index contributed by atoms with van der Waals surface area (Å²) >= 11 is 0. The number of nitrogens with zero attached hydrogens (tertiary/aromatic N) is 2. The maximum atomic E-state index is 5.89. The van der Waals surface area contributed by atoms with Crippen molar-refractivity contribution >= 4 is 5.69 Å². The highest BCUT2D eigenvalue weighted by molar-refractivity contribution is 5.52. The molecule has 86 valence electrons. The lowest BCUT2D eigenvalue weighted by molar-refractivity contribution is 0.277. The van der Waals surface area contributed by atoms with Crippen molar-refractivity contribution < 1.29 is 4.74 Å². The molecule has 1 aromatic heterocycles. The summed E-state index contributed by atoms with van der Waals surface area (Å²) in [6.45, 7) is 7.63. The topological polar surface area (TPSA) is 53.1 Å². The fourth-order valence-electron chi connectivity index (χ4n) is 1.46. The Balaban J connectivity index is 2.58. The molecule has 0 atom stereocenters. The summed E-state index contributed by atoms with van der Waals surface area (Å²) in [7, 11) is 0. The van der Waals surface area contributed by atoms with Gasteiger partial charge in [-0.2, -0.15) is 5.10 Å². The second-order valence-corrected chi connectivity index (χ2v) is 3.68. The number of nitrogens with two attached hydrogens (primary N) is 1. The number of aryl methyl sites for hydroxylation is 2. The summed E-state index contributed by atoms with van der Waals surface area (Å²) in [4.78, 5) is 0. The van der Waals surface area contributed by atoms with Gasteiger partial charge in [-0.1, -0.05) is 19.8 Å². The summed E-state index contributed by atoms with van der Waals surface area (Å²) < 4.78 is 7.47. The molecule has 0 fully saturated rings. The predicted molar refractivity (Wildman–Crippen MR) is 62.1 cm³/mol. The van der Waals surface area contributed by atoms with E-state index in [1.165, 1.54) is 12.8 Å². The van der Waals surface area contributed by atoms with Crippen LogP contribution >= 0.6 is 0 Å². The molecule has 4 heteroatoms. The average Bonchev–Trinajstić information content (AvgIpc) is 2.51. The van der Waals surface area contributed by atoms with Crippen LogP contribution in [0.25, 0.3) is 0 Å². The fraction of sp³-hybridized carbons (Fsp3) is 0.727. The van der Waals surface area contributed by atoms with Crippen LogP contribution in [-0.4, -0.2) is 16.4 Å². The van der Waals surface area contributed by atoms with Gasteiger partial charge in [0.2, 0.25) is 5.88 Å². The Kier molecular flexibility index (Phi) is 4.46. The lowest BCUT2D eigenvalue weighted by Crippen LogP contribution is -2.06. The molecule has 4 nitrogen and oxygen atoms in total. The Morgan fingerprint density at radius 1 is 1.33 bits per heavy atom. The van der Waals surface area contributed by atoms with Gasteiger partial charge in [-0.05, 0) is 20.3 Å². The molecule has 0 amide bonds. The SMILES string of the molecule is CCCCCOc1c(N)c(C)nn1CC. The lowest BCUT2D eigenvalue weighted by atomic mass is 10.3. The van der Waals surface area contributed by atoms with E-state index in [9.17, 15) is 0 Å². The van der Waals surface area contributed by atoms with E-state index in [-0.39, 0.29) is 0 Å². The van der Waals surface area contributed by atoms with Crippen molar-refractivity contribution in [2.45, 2.75) is 46.6 Å². The van der Waals surface area contributed by atoms with Crippen LogP contribution in [0.2, 0.25) is 0 Å². The van der Waals surface area contributed by atoms with Crippen molar-refractivity contribution in [1.82, 2.24) is 9.78 Å². The van der Waals surface area contributed by atoms with Gasteiger partial charge in [0.25, 0.3) is 0 Å². The zero-order chi connectivity index (χ0) is 11.3. The van der Waals surface area contributed by atoms with E-state index in [1.807, 2.05) is 18.5 Å². The second-order valence-electron chi connectivity index (χ2n) is 3.68. The molecule has 1 aromatic rings.